The standard InChI is InChI=1S/C24H33N3O4/c1-18-13-21(19(2)27(18)7-4-12-29-3)22(28)16-26-10-8-25(9-11-26)15-20-5-6-23-24(14-20)31-17-30-23/h5-6,13-14H,4,7-12,15-17H2,1-3H3/p+2. The fraction of sp³-hybridized carbons (Fsp3) is 0.542. The predicted molar refractivity (Wildman–Crippen MR) is 117 cm³/mol. The Kier molecular flexibility index (Phi) is 6.95. The van der Waals surface area contributed by atoms with Crippen molar-refractivity contribution in [2.75, 3.05) is 53.2 Å². The molecule has 2 aliphatic rings. The molecule has 0 spiro atoms. The molecule has 1 aromatic heterocycles. The Morgan fingerprint density at radius 2 is 1.81 bits per heavy atom. The first-order valence-corrected chi connectivity index (χ1v) is 11.3. The van der Waals surface area contributed by atoms with Gasteiger partial charge in [-0.1, -0.05) is 0 Å². The Hall–Kier alpha value is -2.35. The van der Waals surface area contributed by atoms with Crippen molar-refractivity contribution in [1.82, 2.24) is 4.57 Å². The van der Waals surface area contributed by atoms with Crippen molar-refractivity contribution in [2.45, 2.75) is 33.4 Å². The minimum Gasteiger partial charge on any atom is -0.454 e. The molecule has 2 N–H and O–H groups in total. The lowest BCUT2D eigenvalue weighted by Gasteiger charge is -2.29. The summed E-state index contributed by atoms with van der Waals surface area (Å²) in [5.74, 6) is 1.96. The van der Waals surface area contributed by atoms with E-state index >= 15 is 0 Å². The number of carbonyl (C=O) groups is 1. The van der Waals surface area contributed by atoms with Gasteiger partial charge in [-0.3, -0.25) is 4.79 Å². The third kappa shape index (κ3) is 5.11. The zero-order valence-corrected chi connectivity index (χ0v) is 19.0. The molecule has 7 heteroatoms. The highest BCUT2D eigenvalue weighted by Crippen LogP contribution is 2.32. The van der Waals surface area contributed by atoms with E-state index in [0.717, 1.165) is 80.7 Å². The van der Waals surface area contributed by atoms with Crippen LogP contribution >= 0.6 is 0 Å². The quantitative estimate of drug-likeness (QED) is 0.437. The van der Waals surface area contributed by atoms with Crippen molar-refractivity contribution >= 4 is 5.78 Å². The molecule has 7 nitrogen and oxygen atoms in total. The second-order valence-corrected chi connectivity index (χ2v) is 8.75. The van der Waals surface area contributed by atoms with Gasteiger partial charge in [-0.15, -0.1) is 0 Å². The number of hydrogen-bond donors (Lipinski definition) is 2. The first-order chi connectivity index (χ1) is 15.0. The van der Waals surface area contributed by atoms with Crippen LogP contribution < -0.4 is 19.3 Å². The number of aromatic nitrogens is 1. The number of Topliss-reactive ketones (excluding diaryl/α,β-unsaturated/α-hetero) is 1. The van der Waals surface area contributed by atoms with Gasteiger partial charge in [-0.2, -0.15) is 0 Å². The summed E-state index contributed by atoms with van der Waals surface area (Å²) < 4.78 is 18.3. The average Bonchev–Trinajstić information content (AvgIpc) is 3.34. The molecule has 1 fully saturated rings. The van der Waals surface area contributed by atoms with Crippen LogP contribution in [0, 0.1) is 13.8 Å². The van der Waals surface area contributed by atoms with Crippen molar-refractivity contribution in [3.8, 4) is 11.5 Å². The summed E-state index contributed by atoms with van der Waals surface area (Å²) in [5.41, 5.74) is 4.41. The number of carbonyl (C=O) groups excluding carboxylic acids is 1. The zero-order chi connectivity index (χ0) is 21.8. The van der Waals surface area contributed by atoms with E-state index in [1.807, 2.05) is 6.07 Å². The highest BCUT2D eigenvalue weighted by atomic mass is 16.7. The Balaban J connectivity index is 1.28. The number of aryl methyl sites for hydroxylation is 1. The van der Waals surface area contributed by atoms with Crippen LogP contribution in [-0.2, 0) is 17.8 Å². The second-order valence-electron chi connectivity index (χ2n) is 8.75. The predicted octanol–water partition coefficient (Wildman–Crippen LogP) is 0.0364. The van der Waals surface area contributed by atoms with Crippen molar-refractivity contribution in [2.24, 2.45) is 0 Å². The molecule has 0 saturated carbocycles. The molecule has 0 bridgehead atoms. The molecule has 0 unspecified atom stereocenters. The van der Waals surface area contributed by atoms with Gasteiger partial charge in [0.25, 0.3) is 0 Å². The second kappa shape index (κ2) is 9.85. The van der Waals surface area contributed by atoms with Crippen LogP contribution in [-0.4, -0.2) is 63.6 Å². The van der Waals surface area contributed by atoms with Crippen LogP contribution in [0.3, 0.4) is 0 Å². The molecule has 0 radical (unpaired) electrons. The van der Waals surface area contributed by atoms with Gasteiger partial charge in [-0.05, 0) is 44.5 Å². The summed E-state index contributed by atoms with van der Waals surface area (Å²) in [6, 6.07) is 8.29. The summed E-state index contributed by atoms with van der Waals surface area (Å²) in [6.07, 6.45) is 0.958. The van der Waals surface area contributed by atoms with Crippen LogP contribution in [0.15, 0.2) is 24.3 Å². The molecule has 0 aliphatic carbocycles. The monoisotopic (exact) mass is 429 g/mol. The number of benzene rings is 1. The third-order valence-corrected chi connectivity index (χ3v) is 6.57. The average molecular weight is 430 g/mol. The topological polar surface area (TPSA) is 58.6 Å². The molecule has 0 amide bonds. The van der Waals surface area contributed by atoms with E-state index in [1.165, 1.54) is 10.5 Å². The Bertz CT molecular complexity index is 916. The normalized spacial score (nSPS) is 20.2. The number of piperazine rings is 1. The third-order valence-electron chi connectivity index (χ3n) is 6.57. The van der Waals surface area contributed by atoms with Gasteiger partial charge >= 0.3 is 0 Å². The fourth-order valence-electron chi connectivity index (χ4n) is 4.77. The Morgan fingerprint density at radius 1 is 1.06 bits per heavy atom. The molecule has 168 valence electrons. The van der Waals surface area contributed by atoms with Crippen LogP contribution in [0.5, 0.6) is 11.5 Å². The van der Waals surface area contributed by atoms with Crippen molar-refractivity contribution in [3.63, 3.8) is 0 Å². The lowest BCUT2D eigenvalue weighted by atomic mass is 10.1. The van der Waals surface area contributed by atoms with E-state index in [0.29, 0.717) is 13.3 Å². The van der Waals surface area contributed by atoms with Crippen molar-refractivity contribution in [3.05, 3.63) is 46.8 Å². The SMILES string of the molecule is COCCCn1c(C)cc(C(=O)C[NH+]2CC[NH+](Cc3ccc4c(c3)OCO4)CC2)c1C. The number of methoxy groups -OCH3 is 1. The first kappa shape index (κ1) is 21.9. The van der Waals surface area contributed by atoms with Gasteiger partial charge in [0.15, 0.2) is 11.5 Å². The molecule has 2 aliphatic heterocycles. The van der Waals surface area contributed by atoms with E-state index in [1.54, 1.807) is 12.0 Å². The fourth-order valence-corrected chi connectivity index (χ4v) is 4.77. The minimum atomic E-state index is 0.264. The van der Waals surface area contributed by atoms with Gasteiger partial charge in [0.1, 0.15) is 39.3 Å². The van der Waals surface area contributed by atoms with Gasteiger partial charge in [0, 0.05) is 42.8 Å². The summed E-state index contributed by atoms with van der Waals surface area (Å²) in [7, 11) is 1.73. The van der Waals surface area contributed by atoms with Crippen LogP contribution in [0.25, 0.3) is 0 Å². The Labute approximate surface area is 184 Å². The van der Waals surface area contributed by atoms with E-state index < -0.39 is 0 Å². The summed E-state index contributed by atoms with van der Waals surface area (Å²) >= 11 is 0. The number of nitrogens with zero attached hydrogens (tertiary/aromatic N) is 1. The largest absolute Gasteiger partial charge is 0.454 e. The van der Waals surface area contributed by atoms with Gasteiger partial charge in [0.2, 0.25) is 12.6 Å². The Morgan fingerprint density at radius 3 is 2.58 bits per heavy atom. The number of ether oxygens (including phenoxy) is 3. The smallest absolute Gasteiger partial charge is 0.231 e. The minimum absolute atomic E-state index is 0.264. The lowest BCUT2D eigenvalue weighted by molar-refractivity contribution is -1.01. The summed E-state index contributed by atoms with van der Waals surface area (Å²) in [6.45, 7) is 11.9. The summed E-state index contributed by atoms with van der Waals surface area (Å²) in [4.78, 5) is 16.0. The van der Waals surface area contributed by atoms with Crippen LogP contribution in [0.2, 0.25) is 0 Å². The molecule has 4 rings (SSSR count). The van der Waals surface area contributed by atoms with E-state index in [-0.39, 0.29) is 5.78 Å². The number of quaternary nitrogens is 2. The molecule has 0 atom stereocenters. The number of hydrogen-bond acceptors (Lipinski definition) is 4. The molecule has 1 aromatic carbocycles. The highest BCUT2D eigenvalue weighted by Gasteiger charge is 2.27. The van der Waals surface area contributed by atoms with Gasteiger partial charge in [-0.25, -0.2) is 0 Å². The number of nitrogens with one attached hydrogen (secondary N) is 2. The van der Waals surface area contributed by atoms with E-state index in [4.69, 9.17) is 14.2 Å². The highest BCUT2D eigenvalue weighted by molar-refractivity contribution is 5.98. The number of rotatable bonds is 9. The maximum atomic E-state index is 13.0. The number of fused-ring (bicyclic) bond motifs is 1. The van der Waals surface area contributed by atoms with Crippen LogP contribution in [0.1, 0.15) is 33.7 Å². The molecule has 31 heavy (non-hydrogen) atoms. The molecule has 3 heterocycles. The van der Waals surface area contributed by atoms with Gasteiger partial charge < -0.3 is 28.6 Å². The lowest BCUT2D eigenvalue weighted by Crippen LogP contribution is -3.27. The number of ketones is 1. The maximum Gasteiger partial charge on any atom is 0.231 e. The zero-order valence-electron chi connectivity index (χ0n) is 19.0. The molecule has 1 saturated heterocycles. The van der Waals surface area contributed by atoms with Gasteiger partial charge in [0.05, 0.1) is 0 Å². The summed E-state index contributed by atoms with van der Waals surface area (Å²) in [5, 5.41) is 0. The van der Waals surface area contributed by atoms with Crippen LogP contribution in [0.4, 0.5) is 0 Å². The van der Waals surface area contributed by atoms with E-state index in [9.17, 15) is 4.79 Å². The van der Waals surface area contributed by atoms with Crippen molar-refractivity contribution < 1.29 is 28.8 Å². The molecule has 2 aromatic rings. The van der Waals surface area contributed by atoms with Crippen molar-refractivity contribution in [1.29, 1.82) is 0 Å². The first-order valence-electron chi connectivity index (χ1n) is 11.3. The molecular formula is C24H35N3O4+2. The molecular weight excluding hydrogens is 394 g/mol. The van der Waals surface area contributed by atoms with E-state index in [2.05, 4.69) is 36.6 Å². The maximum absolute atomic E-state index is 13.0.